The summed E-state index contributed by atoms with van der Waals surface area (Å²) in [5.41, 5.74) is 0. The lowest BCUT2D eigenvalue weighted by atomic mass is 10.1. The SMILES string of the molecule is CCCCC(=O)NCC(=O)NC1CCCCCC1. The molecule has 4 heteroatoms. The molecule has 0 heterocycles. The Morgan fingerprint density at radius 1 is 1.06 bits per heavy atom. The Morgan fingerprint density at radius 2 is 1.72 bits per heavy atom. The van der Waals surface area contributed by atoms with Crippen LogP contribution in [0.15, 0.2) is 0 Å². The maximum absolute atomic E-state index is 11.7. The van der Waals surface area contributed by atoms with Crippen LogP contribution in [0.5, 0.6) is 0 Å². The van der Waals surface area contributed by atoms with E-state index in [1.54, 1.807) is 0 Å². The number of carbonyl (C=O) groups is 2. The van der Waals surface area contributed by atoms with E-state index in [2.05, 4.69) is 10.6 Å². The van der Waals surface area contributed by atoms with Gasteiger partial charge in [-0.25, -0.2) is 0 Å². The molecule has 0 saturated heterocycles. The minimum atomic E-state index is -0.0493. The third-order valence-electron chi connectivity index (χ3n) is 3.42. The van der Waals surface area contributed by atoms with Crippen LogP contribution in [0.2, 0.25) is 0 Å². The standard InChI is InChI=1S/C14H26N2O2/c1-2-3-10-13(17)15-11-14(18)16-12-8-6-4-5-7-9-12/h12H,2-11H2,1H3,(H,15,17)(H,16,18). The summed E-state index contributed by atoms with van der Waals surface area (Å²) in [5, 5.41) is 5.69. The van der Waals surface area contributed by atoms with Gasteiger partial charge in [0.1, 0.15) is 0 Å². The van der Waals surface area contributed by atoms with Crippen LogP contribution in [0.4, 0.5) is 0 Å². The molecule has 1 aliphatic carbocycles. The van der Waals surface area contributed by atoms with Gasteiger partial charge in [0, 0.05) is 12.5 Å². The van der Waals surface area contributed by atoms with Crippen molar-refractivity contribution in [3.8, 4) is 0 Å². The highest BCUT2D eigenvalue weighted by Gasteiger charge is 2.14. The summed E-state index contributed by atoms with van der Waals surface area (Å²) in [6.45, 7) is 2.17. The second-order valence-corrected chi connectivity index (χ2v) is 5.14. The van der Waals surface area contributed by atoms with Gasteiger partial charge in [0.2, 0.25) is 11.8 Å². The molecule has 0 spiro atoms. The summed E-state index contributed by atoms with van der Waals surface area (Å²) in [6.07, 6.45) is 9.53. The first-order valence-electron chi connectivity index (χ1n) is 7.28. The molecular formula is C14H26N2O2. The Morgan fingerprint density at radius 3 is 2.33 bits per heavy atom. The maximum Gasteiger partial charge on any atom is 0.239 e. The molecule has 0 aromatic heterocycles. The van der Waals surface area contributed by atoms with E-state index in [4.69, 9.17) is 0 Å². The topological polar surface area (TPSA) is 58.2 Å². The van der Waals surface area contributed by atoms with Crippen LogP contribution < -0.4 is 10.6 Å². The van der Waals surface area contributed by atoms with E-state index < -0.39 is 0 Å². The van der Waals surface area contributed by atoms with E-state index in [-0.39, 0.29) is 18.4 Å². The molecule has 18 heavy (non-hydrogen) atoms. The molecule has 1 aliphatic rings. The highest BCUT2D eigenvalue weighted by atomic mass is 16.2. The lowest BCUT2D eigenvalue weighted by Crippen LogP contribution is -2.41. The third-order valence-corrected chi connectivity index (χ3v) is 3.42. The van der Waals surface area contributed by atoms with E-state index in [1.807, 2.05) is 6.92 Å². The first-order valence-corrected chi connectivity index (χ1v) is 7.28. The highest BCUT2D eigenvalue weighted by Crippen LogP contribution is 2.16. The molecule has 1 saturated carbocycles. The molecule has 2 amide bonds. The number of unbranched alkanes of at least 4 members (excludes halogenated alkanes) is 1. The molecule has 0 aliphatic heterocycles. The molecule has 0 atom stereocenters. The highest BCUT2D eigenvalue weighted by molar-refractivity contribution is 5.84. The van der Waals surface area contributed by atoms with Crippen molar-refractivity contribution in [1.82, 2.24) is 10.6 Å². The predicted molar refractivity (Wildman–Crippen MR) is 72.2 cm³/mol. The number of hydrogen-bond donors (Lipinski definition) is 2. The monoisotopic (exact) mass is 254 g/mol. The largest absolute Gasteiger partial charge is 0.352 e. The van der Waals surface area contributed by atoms with Gasteiger partial charge in [0.15, 0.2) is 0 Å². The Kier molecular flexibility index (Phi) is 7.46. The minimum Gasteiger partial charge on any atom is -0.352 e. The Labute approximate surface area is 110 Å². The van der Waals surface area contributed by atoms with Crippen molar-refractivity contribution in [2.45, 2.75) is 70.8 Å². The first-order chi connectivity index (χ1) is 8.72. The number of nitrogens with one attached hydrogen (secondary N) is 2. The smallest absolute Gasteiger partial charge is 0.239 e. The summed E-state index contributed by atoms with van der Waals surface area (Å²) in [7, 11) is 0. The van der Waals surface area contributed by atoms with Crippen LogP contribution in [-0.2, 0) is 9.59 Å². The molecule has 0 unspecified atom stereocenters. The van der Waals surface area contributed by atoms with Crippen LogP contribution in [0, 0.1) is 0 Å². The second kappa shape index (κ2) is 8.95. The molecule has 0 bridgehead atoms. The quantitative estimate of drug-likeness (QED) is 0.713. The van der Waals surface area contributed by atoms with Crippen molar-refractivity contribution in [1.29, 1.82) is 0 Å². The van der Waals surface area contributed by atoms with Gasteiger partial charge < -0.3 is 10.6 Å². The van der Waals surface area contributed by atoms with Crippen LogP contribution in [0.1, 0.15) is 64.7 Å². The number of rotatable bonds is 6. The summed E-state index contributed by atoms with van der Waals surface area (Å²) >= 11 is 0. The number of carbonyl (C=O) groups excluding carboxylic acids is 2. The molecule has 0 aromatic rings. The van der Waals surface area contributed by atoms with Gasteiger partial charge in [-0.2, -0.15) is 0 Å². The van der Waals surface area contributed by atoms with Crippen LogP contribution >= 0.6 is 0 Å². The number of amides is 2. The van der Waals surface area contributed by atoms with Crippen molar-refractivity contribution >= 4 is 11.8 Å². The van der Waals surface area contributed by atoms with Gasteiger partial charge in [-0.05, 0) is 19.3 Å². The molecule has 0 radical (unpaired) electrons. The van der Waals surface area contributed by atoms with Crippen molar-refractivity contribution in [2.24, 2.45) is 0 Å². The third kappa shape index (κ3) is 6.62. The van der Waals surface area contributed by atoms with E-state index in [0.717, 1.165) is 25.7 Å². The molecular weight excluding hydrogens is 228 g/mol. The van der Waals surface area contributed by atoms with Gasteiger partial charge in [-0.15, -0.1) is 0 Å². The Hall–Kier alpha value is -1.06. The predicted octanol–water partition coefficient (Wildman–Crippen LogP) is 2.13. The van der Waals surface area contributed by atoms with Crippen LogP contribution in [-0.4, -0.2) is 24.4 Å². The van der Waals surface area contributed by atoms with Crippen molar-refractivity contribution in [3.63, 3.8) is 0 Å². The van der Waals surface area contributed by atoms with E-state index in [1.165, 1.54) is 25.7 Å². The fourth-order valence-electron chi connectivity index (χ4n) is 2.31. The normalized spacial score (nSPS) is 16.9. The second-order valence-electron chi connectivity index (χ2n) is 5.14. The molecule has 104 valence electrons. The summed E-state index contributed by atoms with van der Waals surface area (Å²) in [4.78, 5) is 23.0. The zero-order chi connectivity index (χ0) is 13.2. The summed E-state index contributed by atoms with van der Waals surface area (Å²) in [5.74, 6) is -0.0698. The van der Waals surface area contributed by atoms with Gasteiger partial charge >= 0.3 is 0 Å². The Balaban J connectivity index is 2.14. The van der Waals surface area contributed by atoms with Crippen molar-refractivity contribution in [2.75, 3.05) is 6.54 Å². The average Bonchev–Trinajstić information content (AvgIpc) is 2.62. The van der Waals surface area contributed by atoms with E-state index >= 15 is 0 Å². The zero-order valence-electron chi connectivity index (χ0n) is 11.5. The van der Waals surface area contributed by atoms with Crippen LogP contribution in [0.25, 0.3) is 0 Å². The zero-order valence-corrected chi connectivity index (χ0v) is 11.5. The molecule has 1 fully saturated rings. The fourth-order valence-corrected chi connectivity index (χ4v) is 2.31. The van der Waals surface area contributed by atoms with E-state index in [0.29, 0.717) is 12.5 Å². The minimum absolute atomic E-state index is 0.0205. The average molecular weight is 254 g/mol. The van der Waals surface area contributed by atoms with Crippen molar-refractivity contribution in [3.05, 3.63) is 0 Å². The van der Waals surface area contributed by atoms with Gasteiger partial charge in [-0.1, -0.05) is 39.0 Å². The summed E-state index contributed by atoms with van der Waals surface area (Å²) in [6, 6.07) is 0.313. The Bertz CT molecular complexity index is 259. The molecule has 2 N–H and O–H groups in total. The summed E-state index contributed by atoms with van der Waals surface area (Å²) < 4.78 is 0. The maximum atomic E-state index is 11.7. The van der Waals surface area contributed by atoms with Gasteiger partial charge in [0.05, 0.1) is 6.54 Å². The molecule has 0 aromatic carbocycles. The van der Waals surface area contributed by atoms with Crippen molar-refractivity contribution < 1.29 is 9.59 Å². The lowest BCUT2D eigenvalue weighted by molar-refractivity contribution is -0.126. The lowest BCUT2D eigenvalue weighted by Gasteiger charge is -2.16. The first kappa shape index (κ1) is 15.0. The number of hydrogen-bond acceptors (Lipinski definition) is 2. The van der Waals surface area contributed by atoms with Crippen LogP contribution in [0.3, 0.4) is 0 Å². The van der Waals surface area contributed by atoms with Gasteiger partial charge in [0.25, 0.3) is 0 Å². The molecule has 4 nitrogen and oxygen atoms in total. The van der Waals surface area contributed by atoms with E-state index in [9.17, 15) is 9.59 Å². The van der Waals surface area contributed by atoms with Gasteiger partial charge in [-0.3, -0.25) is 9.59 Å². The fraction of sp³-hybridized carbons (Fsp3) is 0.857. The molecule has 1 rings (SSSR count).